The maximum atomic E-state index is 13.0. The molecule has 4 rings (SSSR count). The first-order chi connectivity index (χ1) is 14.5. The molecule has 10 heteroatoms. The Bertz CT molecular complexity index is 1120. The van der Waals surface area contributed by atoms with Crippen LogP contribution in [-0.4, -0.2) is 33.5 Å². The molecule has 0 bridgehead atoms. The van der Waals surface area contributed by atoms with Crippen LogP contribution < -0.4 is 5.32 Å². The fraction of sp³-hybridized carbons (Fsp3) is 0.100. The number of anilines is 1. The second-order valence-electron chi connectivity index (χ2n) is 6.19. The van der Waals surface area contributed by atoms with E-state index in [9.17, 15) is 18.8 Å². The third-order valence-corrected chi connectivity index (χ3v) is 6.63. The molecule has 1 aromatic carbocycles. The van der Waals surface area contributed by atoms with Crippen molar-refractivity contribution in [2.24, 2.45) is 0 Å². The minimum atomic E-state index is -0.390. The monoisotopic (exact) mass is 459 g/mol. The van der Waals surface area contributed by atoms with Crippen LogP contribution in [0, 0.1) is 5.82 Å². The number of carbonyl (C=O) groups excluding carboxylic acids is 3. The number of hydrogen-bond donors (Lipinski definition) is 1. The summed E-state index contributed by atoms with van der Waals surface area (Å²) in [6, 6.07) is 9.64. The topological polar surface area (TPSA) is 79.4 Å². The van der Waals surface area contributed by atoms with Crippen molar-refractivity contribution in [3.63, 3.8) is 0 Å². The Morgan fingerprint density at radius 2 is 1.97 bits per heavy atom. The zero-order valence-electron chi connectivity index (χ0n) is 15.3. The van der Waals surface area contributed by atoms with Crippen LogP contribution in [0.25, 0.3) is 17.3 Å². The largest absolute Gasteiger partial charge is 0.302 e. The van der Waals surface area contributed by atoms with Crippen LogP contribution in [0.3, 0.4) is 0 Å². The lowest BCUT2D eigenvalue weighted by molar-refractivity contribution is -0.123. The molecule has 1 saturated heterocycles. The lowest BCUT2D eigenvalue weighted by Crippen LogP contribution is -2.31. The molecule has 152 valence electrons. The highest BCUT2D eigenvalue weighted by Gasteiger charge is 2.35. The van der Waals surface area contributed by atoms with E-state index in [0.29, 0.717) is 15.7 Å². The predicted molar refractivity (Wildman–Crippen MR) is 118 cm³/mol. The number of nitrogens with zero attached hydrogens (tertiary/aromatic N) is 2. The van der Waals surface area contributed by atoms with Crippen LogP contribution in [0.15, 0.2) is 52.1 Å². The Kier molecular flexibility index (Phi) is 6.07. The number of thiophene rings is 1. The Balaban J connectivity index is 1.33. The average Bonchev–Trinajstić information content (AvgIpc) is 3.45. The Labute approximate surface area is 183 Å². The van der Waals surface area contributed by atoms with Gasteiger partial charge in [-0.2, -0.15) is 0 Å². The van der Waals surface area contributed by atoms with Gasteiger partial charge in [-0.15, -0.1) is 22.7 Å². The number of rotatable bonds is 6. The molecule has 6 nitrogen and oxygen atoms in total. The van der Waals surface area contributed by atoms with E-state index in [4.69, 9.17) is 0 Å². The zero-order chi connectivity index (χ0) is 21.1. The van der Waals surface area contributed by atoms with Crippen molar-refractivity contribution in [3.05, 3.63) is 62.8 Å². The van der Waals surface area contributed by atoms with Gasteiger partial charge >= 0.3 is 0 Å². The molecule has 3 heterocycles. The van der Waals surface area contributed by atoms with Gasteiger partial charge in [0.25, 0.3) is 11.1 Å². The minimum Gasteiger partial charge on any atom is -0.302 e. The highest BCUT2D eigenvalue weighted by Crippen LogP contribution is 2.33. The number of aromatic nitrogens is 1. The van der Waals surface area contributed by atoms with Crippen LogP contribution in [0.4, 0.5) is 14.3 Å². The van der Waals surface area contributed by atoms with Crippen molar-refractivity contribution in [1.82, 2.24) is 9.88 Å². The van der Waals surface area contributed by atoms with Crippen molar-refractivity contribution in [2.45, 2.75) is 6.42 Å². The highest BCUT2D eigenvalue weighted by atomic mass is 32.2. The normalized spacial score (nSPS) is 15.2. The molecular weight excluding hydrogens is 445 g/mol. The summed E-state index contributed by atoms with van der Waals surface area (Å²) in [6.45, 7) is -0.00548. The van der Waals surface area contributed by atoms with Gasteiger partial charge in [0.1, 0.15) is 5.82 Å². The third kappa shape index (κ3) is 4.66. The molecular formula is C20H14FN3O3S3. The predicted octanol–water partition coefficient (Wildman–Crippen LogP) is 5.08. The van der Waals surface area contributed by atoms with Gasteiger partial charge in [0.2, 0.25) is 5.91 Å². The van der Waals surface area contributed by atoms with Gasteiger partial charge < -0.3 is 5.32 Å². The lowest BCUT2D eigenvalue weighted by Gasteiger charge is -2.11. The second kappa shape index (κ2) is 8.90. The molecule has 0 atom stereocenters. The van der Waals surface area contributed by atoms with E-state index in [1.165, 1.54) is 34.8 Å². The lowest BCUT2D eigenvalue weighted by atomic mass is 10.2. The van der Waals surface area contributed by atoms with Crippen molar-refractivity contribution in [1.29, 1.82) is 0 Å². The van der Waals surface area contributed by atoms with Crippen molar-refractivity contribution in [2.75, 3.05) is 11.9 Å². The van der Waals surface area contributed by atoms with E-state index in [-0.39, 0.29) is 35.8 Å². The second-order valence-corrected chi connectivity index (χ2v) is 9.02. The molecule has 2 aromatic heterocycles. The molecule has 3 amide bonds. The van der Waals surface area contributed by atoms with E-state index in [0.717, 1.165) is 27.1 Å². The molecule has 3 aromatic rings. The van der Waals surface area contributed by atoms with E-state index in [1.807, 2.05) is 17.5 Å². The number of thiazole rings is 1. The molecule has 1 aliphatic heterocycles. The SMILES string of the molecule is O=C(CCN1C(=O)S/C(=C/c2cccs2)C1=O)Nc1nc(-c2ccc(F)cc2)cs1. The third-order valence-electron chi connectivity index (χ3n) is 4.14. The number of carbonyl (C=O) groups is 3. The molecule has 30 heavy (non-hydrogen) atoms. The number of nitrogens with one attached hydrogen (secondary N) is 1. The fourth-order valence-corrected chi connectivity index (χ4v) is 5.00. The van der Waals surface area contributed by atoms with E-state index in [1.54, 1.807) is 23.6 Å². The van der Waals surface area contributed by atoms with Gasteiger partial charge in [0.15, 0.2) is 5.13 Å². The molecule has 1 aliphatic rings. The minimum absolute atomic E-state index is 0.00548. The molecule has 0 saturated carbocycles. The van der Waals surface area contributed by atoms with Crippen LogP contribution >= 0.6 is 34.4 Å². The Morgan fingerprint density at radius 1 is 1.17 bits per heavy atom. The van der Waals surface area contributed by atoms with Crippen molar-refractivity contribution >= 4 is 62.7 Å². The van der Waals surface area contributed by atoms with Gasteiger partial charge in [0.05, 0.1) is 10.6 Å². The smallest absolute Gasteiger partial charge is 0.293 e. The van der Waals surface area contributed by atoms with Gasteiger partial charge in [-0.05, 0) is 53.5 Å². The Morgan fingerprint density at radius 3 is 2.70 bits per heavy atom. The van der Waals surface area contributed by atoms with E-state index in [2.05, 4.69) is 10.3 Å². The standard InChI is InChI=1S/C20H14FN3O3S3/c21-13-5-3-12(4-6-13)15-11-29-19(22-15)23-17(25)7-8-24-18(26)16(30-20(24)27)10-14-2-1-9-28-14/h1-6,9-11H,7-8H2,(H,22,23,25)/b16-10+. The fourth-order valence-electron chi connectivity index (χ4n) is 2.67. The average molecular weight is 460 g/mol. The summed E-state index contributed by atoms with van der Waals surface area (Å²) in [5.74, 6) is -1.07. The van der Waals surface area contributed by atoms with Crippen LogP contribution in [0.1, 0.15) is 11.3 Å². The first kappa shape index (κ1) is 20.5. The first-order valence-corrected chi connectivity index (χ1v) is 11.4. The van der Waals surface area contributed by atoms with Crippen LogP contribution in [0.2, 0.25) is 0 Å². The molecule has 0 spiro atoms. The molecule has 1 N–H and O–H groups in total. The highest BCUT2D eigenvalue weighted by molar-refractivity contribution is 8.18. The summed E-state index contributed by atoms with van der Waals surface area (Å²) in [4.78, 5) is 43.5. The maximum Gasteiger partial charge on any atom is 0.293 e. The summed E-state index contributed by atoms with van der Waals surface area (Å²) >= 11 is 3.59. The molecule has 0 radical (unpaired) electrons. The number of halogens is 1. The van der Waals surface area contributed by atoms with Crippen molar-refractivity contribution < 1.29 is 18.8 Å². The summed E-state index contributed by atoms with van der Waals surface area (Å²) in [5, 5.41) is 6.33. The first-order valence-electron chi connectivity index (χ1n) is 8.80. The van der Waals surface area contributed by atoms with Gasteiger partial charge in [-0.3, -0.25) is 19.3 Å². The van der Waals surface area contributed by atoms with Crippen LogP contribution in [0.5, 0.6) is 0 Å². The molecule has 1 fully saturated rings. The number of amides is 3. The van der Waals surface area contributed by atoms with E-state index < -0.39 is 0 Å². The number of thioether (sulfide) groups is 1. The maximum absolute atomic E-state index is 13.0. The molecule has 0 unspecified atom stereocenters. The summed E-state index contributed by atoms with van der Waals surface area (Å²) in [5.41, 5.74) is 1.36. The number of hydrogen-bond acceptors (Lipinski definition) is 7. The summed E-state index contributed by atoms with van der Waals surface area (Å²) in [6.07, 6.45) is 1.65. The van der Waals surface area contributed by atoms with Gasteiger partial charge in [-0.25, -0.2) is 9.37 Å². The van der Waals surface area contributed by atoms with Crippen molar-refractivity contribution in [3.8, 4) is 11.3 Å². The van der Waals surface area contributed by atoms with Gasteiger partial charge in [0, 0.05) is 28.8 Å². The molecule has 0 aliphatic carbocycles. The van der Waals surface area contributed by atoms with E-state index >= 15 is 0 Å². The number of imide groups is 1. The Hall–Kier alpha value is -2.82. The summed E-state index contributed by atoms with van der Waals surface area (Å²) < 4.78 is 13.0. The quantitative estimate of drug-likeness (QED) is 0.520. The van der Waals surface area contributed by atoms with Crippen LogP contribution in [-0.2, 0) is 9.59 Å². The van der Waals surface area contributed by atoms with Gasteiger partial charge in [-0.1, -0.05) is 6.07 Å². The zero-order valence-corrected chi connectivity index (χ0v) is 17.8. The number of benzene rings is 1. The summed E-state index contributed by atoms with van der Waals surface area (Å²) in [7, 11) is 0.